The van der Waals surface area contributed by atoms with E-state index in [-0.39, 0.29) is 24.1 Å². The van der Waals surface area contributed by atoms with Crippen LogP contribution in [-0.2, 0) is 0 Å². The number of aromatic nitrogens is 1. The lowest BCUT2D eigenvalue weighted by Crippen LogP contribution is -2.33. The zero-order valence-corrected chi connectivity index (χ0v) is 17.4. The highest BCUT2D eigenvalue weighted by Gasteiger charge is 2.21. The van der Waals surface area contributed by atoms with Crippen molar-refractivity contribution >= 4 is 56.6 Å². The van der Waals surface area contributed by atoms with E-state index >= 15 is 0 Å². The van der Waals surface area contributed by atoms with Crippen LogP contribution in [0.15, 0.2) is 42.5 Å². The molecule has 0 saturated heterocycles. The van der Waals surface area contributed by atoms with Crippen LogP contribution in [0.1, 0.15) is 16.8 Å². The molecule has 0 aliphatic heterocycles. The zero-order chi connectivity index (χ0) is 18.7. The van der Waals surface area contributed by atoms with Crippen molar-refractivity contribution in [1.29, 1.82) is 0 Å². The molecule has 1 amide bonds. The molecule has 2 aromatic carbocycles. The molecule has 8 heteroatoms. The van der Waals surface area contributed by atoms with Gasteiger partial charge in [0.25, 0.3) is 5.91 Å². The van der Waals surface area contributed by atoms with E-state index in [9.17, 15) is 9.18 Å². The van der Waals surface area contributed by atoms with Gasteiger partial charge in [0, 0.05) is 17.1 Å². The fourth-order valence-electron chi connectivity index (χ4n) is 2.58. The summed E-state index contributed by atoms with van der Waals surface area (Å²) < 4.78 is 14.2. The summed E-state index contributed by atoms with van der Waals surface area (Å²) in [6.45, 7) is 1.38. The van der Waals surface area contributed by atoms with Gasteiger partial charge in [0.15, 0.2) is 5.13 Å². The second kappa shape index (κ2) is 9.46. The minimum atomic E-state index is -0.309. The van der Waals surface area contributed by atoms with Crippen molar-refractivity contribution in [2.45, 2.75) is 6.42 Å². The summed E-state index contributed by atoms with van der Waals surface area (Å²) in [4.78, 5) is 21.3. The molecule has 3 rings (SSSR count). The van der Waals surface area contributed by atoms with Crippen molar-refractivity contribution in [3.05, 3.63) is 58.9 Å². The Morgan fingerprint density at radius 1 is 1.15 bits per heavy atom. The molecule has 0 bridgehead atoms. The summed E-state index contributed by atoms with van der Waals surface area (Å²) in [6.07, 6.45) is 0.802. The van der Waals surface area contributed by atoms with Crippen LogP contribution in [0.3, 0.4) is 0 Å². The molecule has 0 spiro atoms. The molecule has 144 valence electrons. The Hall–Kier alpha value is -1.73. The van der Waals surface area contributed by atoms with E-state index in [1.165, 1.54) is 23.5 Å². The van der Waals surface area contributed by atoms with Crippen LogP contribution in [0.5, 0.6) is 0 Å². The number of amides is 1. The van der Waals surface area contributed by atoms with Gasteiger partial charge in [-0.1, -0.05) is 22.9 Å². The lowest BCUT2D eigenvalue weighted by atomic mass is 10.2. The first-order valence-corrected chi connectivity index (χ1v) is 9.42. The van der Waals surface area contributed by atoms with Gasteiger partial charge < -0.3 is 4.90 Å². The summed E-state index contributed by atoms with van der Waals surface area (Å²) in [5.74, 6) is -0.448. The fourth-order valence-corrected chi connectivity index (χ4v) is 3.72. The molecule has 0 saturated carbocycles. The maximum Gasteiger partial charge on any atom is 0.260 e. The quantitative estimate of drug-likeness (QED) is 0.548. The third-order valence-corrected chi connectivity index (χ3v) is 5.19. The number of benzene rings is 2. The zero-order valence-electron chi connectivity index (χ0n) is 15.0. The van der Waals surface area contributed by atoms with Gasteiger partial charge in [-0.25, -0.2) is 9.37 Å². The third-order valence-electron chi connectivity index (χ3n) is 3.89. The maximum absolute atomic E-state index is 13.5. The van der Waals surface area contributed by atoms with Crippen LogP contribution in [0.4, 0.5) is 9.52 Å². The molecule has 0 aliphatic rings. The number of hydrogen-bond donors (Lipinski definition) is 0. The Kier molecular flexibility index (Phi) is 7.56. The first-order chi connectivity index (χ1) is 12.4. The topological polar surface area (TPSA) is 36.4 Å². The molecule has 1 heterocycles. The van der Waals surface area contributed by atoms with E-state index in [1.54, 1.807) is 35.2 Å². The van der Waals surface area contributed by atoms with Gasteiger partial charge in [0.05, 0.1) is 10.2 Å². The second-order valence-electron chi connectivity index (χ2n) is 6.23. The molecule has 0 radical (unpaired) electrons. The molecule has 0 atom stereocenters. The molecule has 0 unspecified atom stereocenters. The molecule has 1 aromatic heterocycles. The number of halogens is 3. The van der Waals surface area contributed by atoms with Gasteiger partial charge in [-0.15, -0.1) is 12.4 Å². The Morgan fingerprint density at radius 2 is 1.85 bits per heavy atom. The minimum Gasteiger partial charge on any atom is -0.309 e. The number of rotatable bonds is 6. The average Bonchev–Trinajstić information content (AvgIpc) is 3.01. The van der Waals surface area contributed by atoms with Crippen molar-refractivity contribution in [3.8, 4) is 0 Å². The van der Waals surface area contributed by atoms with Crippen molar-refractivity contribution in [3.63, 3.8) is 0 Å². The summed E-state index contributed by atoms with van der Waals surface area (Å²) in [7, 11) is 3.98. The summed E-state index contributed by atoms with van der Waals surface area (Å²) in [6, 6.07) is 11.3. The monoisotopic (exact) mass is 427 g/mol. The third kappa shape index (κ3) is 5.39. The number of thiazole rings is 1. The van der Waals surface area contributed by atoms with E-state index in [4.69, 9.17) is 11.6 Å². The minimum absolute atomic E-state index is 0. The normalized spacial score (nSPS) is 10.9. The molecule has 0 fully saturated rings. The Labute approximate surface area is 173 Å². The Morgan fingerprint density at radius 3 is 2.52 bits per heavy atom. The van der Waals surface area contributed by atoms with E-state index < -0.39 is 0 Å². The predicted molar refractivity (Wildman–Crippen MR) is 113 cm³/mol. The standard InChI is InChI=1S/C19H19ClFN3OS.ClH/c1-23(2)10-3-11-24(18(25)13-4-6-14(20)7-5-13)19-22-16-9-8-15(21)12-17(16)26-19;/h4-9,12H,3,10-11H2,1-2H3;1H. The van der Waals surface area contributed by atoms with Crippen molar-refractivity contribution in [2.24, 2.45) is 0 Å². The van der Waals surface area contributed by atoms with Crippen molar-refractivity contribution in [1.82, 2.24) is 9.88 Å². The van der Waals surface area contributed by atoms with E-state index in [0.717, 1.165) is 17.7 Å². The molecule has 0 N–H and O–H groups in total. The maximum atomic E-state index is 13.5. The van der Waals surface area contributed by atoms with E-state index in [1.807, 2.05) is 14.1 Å². The number of hydrogen-bond acceptors (Lipinski definition) is 4. The summed E-state index contributed by atoms with van der Waals surface area (Å²) in [5, 5.41) is 1.15. The largest absolute Gasteiger partial charge is 0.309 e. The highest BCUT2D eigenvalue weighted by atomic mass is 35.5. The highest BCUT2D eigenvalue weighted by Crippen LogP contribution is 2.30. The molecule has 4 nitrogen and oxygen atoms in total. The SMILES string of the molecule is CN(C)CCCN(C(=O)c1ccc(Cl)cc1)c1nc2ccc(F)cc2s1.Cl. The first kappa shape index (κ1) is 21.6. The average molecular weight is 428 g/mol. The predicted octanol–water partition coefficient (Wildman–Crippen LogP) is 5.11. The van der Waals surface area contributed by atoms with E-state index in [0.29, 0.717) is 27.8 Å². The van der Waals surface area contributed by atoms with E-state index in [2.05, 4.69) is 9.88 Å². The van der Waals surface area contributed by atoms with Crippen molar-refractivity contribution < 1.29 is 9.18 Å². The summed E-state index contributed by atoms with van der Waals surface area (Å²) >= 11 is 7.24. The number of anilines is 1. The number of nitrogens with zero attached hydrogens (tertiary/aromatic N) is 3. The van der Waals surface area contributed by atoms with Crippen LogP contribution in [-0.4, -0.2) is 43.0 Å². The molecule has 27 heavy (non-hydrogen) atoms. The number of carbonyl (C=O) groups excluding carboxylic acids is 1. The second-order valence-corrected chi connectivity index (χ2v) is 7.67. The number of carbonyl (C=O) groups is 1. The lowest BCUT2D eigenvalue weighted by molar-refractivity contribution is 0.0986. The van der Waals surface area contributed by atoms with Gasteiger partial charge in [-0.3, -0.25) is 9.69 Å². The van der Waals surface area contributed by atoms with Gasteiger partial charge in [-0.2, -0.15) is 0 Å². The van der Waals surface area contributed by atoms with Gasteiger partial charge in [0.2, 0.25) is 0 Å². The number of fused-ring (bicyclic) bond motifs is 1. The molecule has 0 aliphatic carbocycles. The van der Waals surface area contributed by atoms with Crippen molar-refractivity contribution in [2.75, 3.05) is 32.1 Å². The van der Waals surface area contributed by atoms with Gasteiger partial charge in [0.1, 0.15) is 5.82 Å². The lowest BCUT2D eigenvalue weighted by Gasteiger charge is -2.21. The van der Waals surface area contributed by atoms with Crippen LogP contribution in [0.2, 0.25) is 5.02 Å². The van der Waals surface area contributed by atoms with Gasteiger partial charge in [-0.05, 0) is 69.5 Å². The Balaban J connectivity index is 0.00000261. The van der Waals surface area contributed by atoms with Crippen LogP contribution in [0.25, 0.3) is 10.2 Å². The summed E-state index contributed by atoms with van der Waals surface area (Å²) in [5.41, 5.74) is 1.23. The molecular formula is C19H20Cl2FN3OS. The fraction of sp³-hybridized carbons (Fsp3) is 0.263. The molecular weight excluding hydrogens is 408 g/mol. The van der Waals surface area contributed by atoms with Gasteiger partial charge >= 0.3 is 0 Å². The van der Waals surface area contributed by atoms with Crippen LogP contribution in [0, 0.1) is 5.82 Å². The highest BCUT2D eigenvalue weighted by molar-refractivity contribution is 7.22. The van der Waals surface area contributed by atoms with Crippen LogP contribution < -0.4 is 4.90 Å². The molecule has 3 aromatic rings. The Bertz CT molecular complexity index is 915. The van der Waals surface area contributed by atoms with Crippen LogP contribution >= 0.6 is 35.3 Å². The smallest absolute Gasteiger partial charge is 0.260 e. The first-order valence-electron chi connectivity index (χ1n) is 8.22.